The zero-order chi connectivity index (χ0) is 15.5. The van der Waals surface area contributed by atoms with E-state index in [0.29, 0.717) is 12.1 Å². The normalized spacial score (nSPS) is 15.9. The van der Waals surface area contributed by atoms with Gasteiger partial charge in [-0.15, -0.1) is 0 Å². The number of nitrogens with one attached hydrogen (secondary N) is 1. The summed E-state index contributed by atoms with van der Waals surface area (Å²) >= 11 is 0. The zero-order valence-corrected chi connectivity index (χ0v) is 12.9. The fraction of sp³-hybridized carbons (Fsp3) is 0.444. The molecule has 1 saturated carbocycles. The Bertz CT molecular complexity index is 742. The van der Waals surface area contributed by atoms with E-state index in [1.807, 2.05) is 25.1 Å². The topological polar surface area (TPSA) is 59.3 Å². The average molecular weight is 299 g/mol. The molecule has 1 aromatic heterocycles. The third kappa shape index (κ3) is 3.21. The van der Waals surface area contributed by atoms with Crippen molar-refractivity contribution in [1.82, 2.24) is 5.32 Å². The smallest absolute Gasteiger partial charge is 0.336 e. The number of carbonyl (C=O) groups excluding carboxylic acids is 1. The van der Waals surface area contributed by atoms with Crippen LogP contribution in [-0.2, 0) is 11.3 Å². The van der Waals surface area contributed by atoms with Crippen LogP contribution in [0.3, 0.4) is 0 Å². The van der Waals surface area contributed by atoms with Crippen molar-refractivity contribution in [3.63, 3.8) is 0 Å². The van der Waals surface area contributed by atoms with Crippen molar-refractivity contribution in [2.75, 3.05) is 0 Å². The summed E-state index contributed by atoms with van der Waals surface area (Å²) < 4.78 is 5.24. The summed E-state index contributed by atoms with van der Waals surface area (Å²) in [5, 5.41) is 3.87. The molecule has 0 unspecified atom stereocenters. The molecule has 0 radical (unpaired) electrons. The maximum atomic E-state index is 12.2. The molecular weight excluding hydrogens is 278 g/mol. The maximum absolute atomic E-state index is 12.2. The molecule has 0 atom stereocenters. The van der Waals surface area contributed by atoms with Crippen LogP contribution in [0.15, 0.2) is 33.5 Å². The van der Waals surface area contributed by atoms with Gasteiger partial charge in [0, 0.05) is 23.9 Å². The highest BCUT2D eigenvalue weighted by Gasteiger charge is 2.20. The van der Waals surface area contributed by atoms with Gasteiger partial charge in [-0.25, -0.2) is 4.79 Å². The second-order valence-electron chi connectivity index (χ2n) is 6.14. The Kier molecular flexibility index (Phi) is 4.27. The first-order valence-corrected chi connectivity index (χ1v) is 7.94. The van der Waals surface area contributed by atoms with Gasteiger partial charge in [-0.1, -0.05) is 31.4 Å². The van der Waals surface area contributed by atoms with Crippen LogP contribution in [0.2, 0.25) is 0 Å². The molecule has 0 bridgehead atoms. The van der Waals surface area contributed by atoms with Gasteiger partial charge in [0.15, 0.2) is 0 Å². The first-order chi connectivity index (χ1) is 10.6. The van der Waals surface area contributed by atoms with E-state index in [0.717, 1.165) is 42.2 Å². The van der Waals surface area contributed by atoms with Gasteiger partial charge in [0.05, 0.1) is 0 Å². The Morgan fingerprint density at radius 2 is 2.00 bits per heavy atom. The number of carbonyl (C=O) groups is 1. The first kappa shape index (κ1) is 14.8. The molecule has 2 aromatic rings. The largest absolute Gasteiger partial charge is 0.423 e. The second kappa shape index (κ2) is 6.34. The number of fused-ring (bicyclic) bond motifs is 1. The molecule has 1 aliphatic rings. The van der Waals surface area contributed by atoms with Crippen LogP contribution in [0.1, 0.15) is 43.2 Å². The molecule has 1 fully saturated rings. The molecule has 4 heteroatoms. The molecule has 3 rings (SSSR count). The van der Waals surface area contributed by atoms with E-state index in [1.165, 1.54) is 12.5 Å². The maximum Gasteiger partial charge on any atom is 0.336 e. The molecule has 0 saturated heterocycles. The van der Waals surface area contributed by atoms with Crippen LogP contribution in [0.5, 0.6) is 0 Å². The van der Waals surface area contributed by atoms with Gasteiger partial charge in [-0.2, -0.15) is 0 Å². The highest BCUT2D eigenvalue weighted by molar-refractivity contribution is 5.82. The van der Waals surface area contributed by atoms with Crippen molar-refractivity contribution in [1.29, 1.82) is 0 Å². The minimum atomic E-state index is -0.375. The SMILES string of the molecule is Cc1ccc2c(CNC(=O)C3CCCCC3)cc(=O)oc2c1. The van der Waals surface area contributed by atoms with Crippen molar-refractivity contribution in [2.45, 2.75) is 45.6 Å². The standard InChI is InChI=1S/C18H21NO3/c1-12-7-8-15-14(10-17(20)22-16(15)9-12)11-19-18(21)13-5-3-2-4-6-13/h7-10,13H,2-6,11H2,1H3,(H,19,21). The highest BCUT2D eigenvalue weighted by Crippen LogP contribution is 2.24. The van der Waals surface area contributed by atoms with Crippen LogP contribution in [0.4, 0.5) is 0 Å². The molecule has 0 spiro atoms. The lowest BCUT2D eigenvalue weighted by Crippen LogP contribution is -2.31. The van der Waals surface area contributed by atoms with E-state index in [1.54, 1.807) is 0 Å². The van der Waals surface area contributed by atoms with E-state index in [9.17, 15) is 9.59 Å². The number of hydrogen-bond acceptors (Lipinski definition) is 3. The summed E-state index contributed by atoms with van der Waals surface area (Å²) in [6.07, 6.45) is 5.45. The monoisotopic (exact) mass is 299 g/mol. The Morgan fingerprint density at radius 3 is 2.77 bits per heavy atom. The van der Waals surface area contributed by atoms with E-state index in [4.69, 9.17) is 4.42 Å². The van der Waals surface area contributed by atoms with Crippen molar-refractivity contribution in [3.8, 4) is 0 Å². The van der Waals surface area contributed by atoms with E-state index in [-0.39, 0.29) is 17.5 Å². The predicted molar refractivity (Wildman–Crippen MR) is 85.6 cm³/mol. The molecule has 1 heterocycles. The van der Waals surface area contributed by atoms with Crippen molar-refractivity contribution >= 4 is 16.9 Å². The number of benzene rings is 1. The number of amides is 1. The number of hydrogen-bond donors (Lipinski definition) is 1. The summed E-state index contributed by atoms with van der Waals surface area (Å²) in [6, 6.07) is 7.24. The summed E-state index contributed by atoms with van der Waals surface area (Å²) in [5.41, 5.74) is 2.06. The van der Waals surface area contributed by atoms with Crippen LogP contribution in [0.25, 0.3) is 11.0 Å². The van der Waals surface area contributed by atoms with Gasteiger partial charge < -0.3 is 9.73 Å². The van der Waals surface area contributed by atoms with Gasteiger partial charge in [0.2, 0.25) is 5.91 Å². The minimum absolute atomic E-state index is 0.105. The Morgan fingerprint density at radius 1 is 1.23 bits per heavy atom. The molecule has 4 nitrogen and oxygen atoms in total. The lowest BCUT2D eigenvalue weighted by Gasteiger charge is -2.20. The highest BCUT2D eigenvalue weighted by atomic mass is 16.4. The molecular formula is C18H21NO3. The van der Waals surface area contributed by atoms with Gasteiger partial charge in [-0.3, -0.25) is 4.79 Å². The number of aryl methyl sites for hydroxylation is 1. The second-order valence-corrected chi connectivity index (χ2v) is 6.14. The van der Waals surface area contributed by atoms with Gasteiger partial charge in [0.25, 0.3) is 0 Å². The van der Waals surface area contributed by atoms with E-state index in [2.05, 4.69) is 5.32 Å². The molecule has 22 heavy (non-hydrogen) atoms. The fourth-order valence-electron chi connectivity index (χ4n) is 3.17. The lowest BCUT2D eigenvalue weighted by molar-refractivity contribution is -0.126. The van der Waals surface area contributed by atoms with Gasteiger partial charge >= 0.3 is 5.63 Å². The third-order valence-corrected chi connectivity index (χ3v) is 4.41. The Labute approximate surface area is 129 Å². The quantitative estimate of drug-likeness (QED) is 0.885. The van der Waals surface area contributed by atoms with Crippen molar-refractivity contribution < 1.29 is 9.21 Å². The van der Waals surface area contributed by atoms with Crippen LogP contribution < -0.4 is 10.9 Å². The third-order valence-electron chi connectivity index (χ3n) is 4.41. The van der Waals surface area contributed by atoms with Crippen LogP contribution in [0, 0.1) is 12.8 Å². The summed E-state index contributed by atoms with van der Waals surface area (Å²) in [6.45, 7) is 2.33. The van der Waals surface area contributed by atoms with E-state index >= 15 is 0 Å². The zero-order valence-electron chi connectivity index (χ0n) is 12.9. The molecule has 0 aliphatic heterocycles. The van der Waals surface area contributed by atoms with Gasteiger partial charge in [0.1, 0.15) is 5.58 Å². The lowest BCUT2D eigenvalue weighted by atomic mass is 9.88. The fourth-order valence-corrected chi connectivity index (χ4v) is 3.17. The predicted octanol–water partition coefficient (Wildman–Crippen LogP) is 3.30. The summed E-state index contributed by atoms with van der Waals surface area (Å²) in [7, 11) is 0. The molecule has 116 valence electrons. The van der Waals surface area contributed by atoms with Gasteiger partial charge in [-0.05, 0) is 37.0 Å². The summed E-state index contributed by atoms with van der Waals surface area (Å²) in [4.78, 5) is 23.9. The minimum Gasteiger partial charge on any atom is -0.423 e. The Balaban J connectivity index is 1.78. The van der Waals surface area contributed by atoms with Crippen LogP contribution >= 0.6 is 0 Å². The van der Waals surface area contributed by atoms with Crippen molar-refractivity contribution in [2.24, 2.45) is 5.92 Å². The summed E-state index contributed by atoms with van der Waals surface area (Å²) in [5.74, 6) is 0.232. The first-order valence-electron chi connectivity index (χ1n) is 7.94. The Hall–Kier alpha value is -2.10. The molecule has 1 aromatic carbocycles. The van der Waals surface area contributed by atoms with E-state index < -0.39 is 0 Å². The van der Waals surface area contributed by atoms with Crippen LogP contribution in [-0.4, -0.2) is 5.91 Å². The molecule has 1 aliphatic carbocycles. The average Bonchev–Trinajstić information content (AvgIpc) is 2.52. The molecule has 1 N–H and O–H groups in total. The molecule has 1 amide bonds. The van der Waals surface area contributed by atoms with Crippen molar-refractivity contribution in [3.05, 3.63) is 45.8 Å². The number of rotatable bonds is 3.